The summed E-state index contributed by atoms with van der Waals surface area (Å²) in [6.45, 7) is 1.34. The van der Waals surface area contributed by atoms with E-state index in [1.807, 2.05) is 0 Å². The van der Waals surface area contributed by atoms with Crippen molar-refractivity contribution in [3.63, 3.8) is 0 Å². The summed E-state index contributed by atoms with van der Waals surface area (Å²) in [5.41, 5.74) is 1.44. The van der Waals surface area contributed by atoms with Gasteiger partial charge in [-0.2, -0.15) is 9.10 Å². The lowest BCUT2D eigenvalue weighted by Crippen LogP contribution is -2.51. The second-order valence-corrected chi connectivity index (χ2v) is 7.74. The van der Waals surface area contributed by atoms with Crippen LogP contribution in [0.4, 0.5) is 10.5 Å². The Hall–Kier alpha value is -2.53. The van der Waals surface area contributed by atoms with Crippen molar-refractivity contribution in [3.8, 4) is 11.4 Å². The van der Waals surface area contributed by atoms with E-state index in [2.05, 4.69) is 20.7 Å². The van der Waals surface area contributed by atoms with Crippen molar-refractivity contribution in [2.45, 2.75) is 0 Å². The lowest BCUT2D eigenvalue weighted by molar-refractivity contribution is 0.184. The molecule has 1 saturated heterocycles. The number of rotatable bonds is 3. The van der Waals surface area contributed by atoms with Gasteiger partial charge in [-0.25, -0.2) is 13.2 Å². The highest BCUT2D eigenvalue weighted by atomic mass is 32.2. The lowest BCUT2D eigenvalue weighted by atomic mass is 10.2. The van der Waals surface area contributed by atoms with Crippen molar-refractivity contribution in [3.05, 3.63) is 24.3 Å². The molecule has 0 atom stereocenters. The van der Waals surface area contributed by atoms with Gasteiger partial charge in [-0.15, -0.1) is 10.2 Å². The number of aryl methyl sites for hydroxylation is 1. The highest BCUT2D eigenvalue weighted by Crippen LogP contribution is 2.17. The van der Waals surface area contributed by atoms with E-state index in [0.717, 1.165) is 5.56 Å². The number of piperazine rings is 1. The summed E-state index contributed by atoms with van der Waals surface area (Å²) in [7, 11) is -1.52. The van der Waals surface area contributed by atoms with Crippen molar-refractivity contribution < 1.29 is 13.2 Å². The SMILES string of the molecule is Cn1nnc(-c2ccc(NC(=O)N3CCN(S(C)(=O)=O)CC3)cc2)n1. The molecule has 1 aromatic carbocycles. The van der Waals surface area contributed by atoms with E-state index in [9.17, 15) is 13.2 Å². The first kappa shape index (κ1) is 17.3. The summed E-state index contributed by atoms with van der Waals surface area (Å²) in [6.07, 6.45) is 1.18. The first-order valence-electron chi connectivity index (χ1n) is 7.68. The lowest BCUT2D eigenvalue weighted by Gasteiger charge is -2.33. The van der Waals surface area contributed by atoms with Crippen molar-refractivity contribution in [1.82, 2.24) is 29.4 Å². The summed E-state index contributed by atoms with van der Waals surface area (Å²) >= 11 is 0. The fourth-order valence-corrected chi connectivity index (χ4v) is 3.35. The van der Waals surface area contributed by atoms with Crippen LogP contribution in [0.15, 0.2) is 24.3 Å². The first-order valence-corrected chi connectivity index (χ1v) is 9.53. The molecule has 1 N–H and O–H groups in total. The second-order valence-electron chi connectivity index (χ2n) is 5.76. The third kappa shape index (κ3) is 4.12. The maximum absolute atomic E-state index is 12.3. The molecule has 0 bridgehead atoms. The quantitative estimate of drug-likeness (QED) is 0.818. The molecule has 0 radical (unpaired) electrons. The number of benzene rings is 1. The summed E-state index contributed by atoms with van der Waals surface area (Å²) in [5, 5.41) is 14.6. The minimum Gasteiger partial charge on any atom is -0.322 e. The summed E-state index contributed by atoms with van der Waals surface area (Å²) in [5.74, 6) is 0.511. The summed E-state index contributed by atoms with van der Waals surface area (Å²) in [6, 6.07) is 6.87. The van der Waals surface area contributed by atoms with Gasteiger partial charge in [0.05, 0.1) is 13.3 Å². The van der Waals surface area contributed by atoms with Crippen molar-refractivity contribution in [1.29, 1.82) is 0 Å². The smallest absolute Gasteiger partial charge is 0.321 e. The zero-order chi connectivity index (χ0) is 18.0. The van der Waals surface area contributed by atoms with Crippen LogP contribution in [0.1, 0.15) is 0 Å². The van der Waals surface area contributed by atoms with Gasteiger partial charge < -0.3 is 10.2 Å². The molecule has 2 aromatic rings. The van der Waals surface area contributed by atoms with Gasteiger partial charge in [-0.1, -0.05) is 0 Å². The van der Waals surface area contributed by atoms with Crippen molar-refractivity contribution >= 4 is 21.7 Å². The van der Waals surface area contributed by atoms with Crippen LogP contribution in [0.3, 0.4) is 0 Å². The maximum atomic E-state index is 12.3. The van der Waals surface area contributed by atoms with Crippen LogP contribution in [0.25, 0.3) is 11.4 Å². The fraction of sp³-hybridized carbons (Fsp3) is 0.429. The van der Waals surface area contributed by atoms with Crippen LogP contribution in [-0.4, -0.2) is 76.3 Å². The minimum atomic E-state index is -3.21. The van der Waals surface area contributed by atoms with Gasteiger partial charge in [0.25, 0.3) is 0 Å². The van der Waals surface area contributed by atoms with Crippen LogP contribution in [0, 0.1) is 0 Å². The van der Waals surface area contributed by atoms with Gasteiger partial charge in [0.2, 0.25) is 15.8 Å². The summed E-state index contributed by atoms with van der Waals surface area (Å²) < 4.78 is 24.4. The van der Waals surface area contributed by atoms with Crippen molar-refractivity contribution in [2.24, 2.45) is 7.05 Å². The molecule has 25 heavy (non-hydrogen) atoms. The number of nitrogens with one attached hydrogen (secondary N) is 1. The molecule has 2 heterocycles. The number of aromatic nitrogens is 4. The number of amides is 2. The second kappa shape index (κ2) is 6.76. The Balaban J connectivity index is 1.58. The monoisotopic (exact) mass is 365 g/mol. The van der Waals surface area contributed by atoms with Gasteiger partial charge in [0, 0.05) is 37.4 Å². The minimum absolute atomic E-state index is 0.251. The van der Waals surface area contributed by atoms with E-state index >= 15 is 0 Å². The number of anilines is 1. The number of nitrogens with zero attached hydrogens (tertiary/aromatic N) is 6. The largest absolute Gasteiger partial charge is 0.322 e. The maximum Gasteiger partial charge on any atom is 0.321 e. The summed E-state index contributed by atoms with van der Waals surface area (Å²) in [4.78, 5) is 15.3. The van der Waals surface area contributed by atoms with Gasteiger partial charge in [0.1, 0.15) is 0 Å². The number of urea groups is 1. The Morgan fingerprint density at radius 2 is 1.76 bits per heavy atom. The van der Waals surface area contributed by atoms with Gasteiger partial charge in [0.15, 0.2) is 0 Å². The van der Waals surface area contributed by atoms with Gasteiger partial charge in [-0.3, -0.25) is 0 Å². The van der Waals surface area contributed by atoms with E-state index in [0.29, 0.717) is 37.7 Å². The molecule has 1 fully saturated rings. The van der Waals surface area contributed by atoms with E-state index in [4.69, 9.17) is 0 Å². The van der Waals surface area contributed by atoms with E-state index in [1.165, 1.54) is 15.4 Å². The molecule has 1 aliphatic rings. The van der Waals surface area contributed by atoms with E-state index in [-0.39, 0.29) is 6.03 Å². The van der Waals surface area contributed by atoms with Crippen LogP contribution in [-0.2, 0) is 17.1 Å². The molecule has 134 valence electrons. The van der Waals surface area contributed by atoms with Crippen LogP contribution < -0.4 is 5.32 Å². The Labute approximate surface area is 145 Å². The number of carbonyl (C=O) groups is 1. The molecule has 0 saturated carbocycles. The highest BCUT2D eigenvalue weighted by Gasteiger charge is 2.25. The molecule has 1 aromatic heterocycles. The number of hydrogen-bond acceptors (Lipinski definition) is 6. The predicted octanol–water partition coefficient (Wildman–Crippen LogP) is -0.0138. The third-order valence-corrected chi connectivity index (χ3v) is 5.20. The van der Waals surface area contributed by atoms with Gasteiger partial charge >= 0.3 is 6.03 Å². The van der Waals surface area contributed by atoms with Crippen LogP contribution in [0.2, 0.25) is 0 Å². The number of carbonyl (C=O) groups excluding carboxylic acids is 1. The van der Waals surface area contributed by atoms with Crippen LogP contribution >= 0.6 is 0 Å². The average molecular weight is 365 g/mol. The average Bonchev–Trinajstić information content (AvgIpc) is 3.01. The van der Waals surface area contributed by atoms with Crippen LogP contribution in [0.5, 0.6) is 0 Å². The molecule has 0 unspecified atom stereocenters. The Morgan fingerprint density at radius 3 is 2.28 bits per heavy atom. The molecule has 11 heteroatoms. The van der Waals surface area contributed by atoms with Gasteiger partial charge in [-0.05, 0) is 29.5 Å². The fourth-order valence-electron chi connectivity index (χ4n) is 2.53. The topological polar surface area (TPSA) is 113 Å². The molecule has 2 amide bonds. The first-order chi connectivity index (χ1) is 11.8. The molecule has 0 aliphatic carbocycles. The Kier molecular flexibility index (Phi) is 4.68. The Bertz CT molecular complexity index is 855. The molecular weight excluding hydrogens is 346 g/mol. The predicted molar refractivity (Wildman–Crippen MR) is 91.2 cm³/mol. The molecule has 10 nitrogen and oxygen atoms in total. The normalized spacial score (nSPS) is 16.0. The molecule has 3 rings (SSSR count). The number of tetrazole rings is 1. The highest BCUT2D eigenvalue weighted by molar-refractivity contribution is 7.88. The van der Waals surface area contributed by atoms with E-state index in [1.54, 1.807) is 36.2 Å². The Morgan fingerprint density at radius 1 is 1.12 bits per heavy atom. The van der Waals surface area contributed by atoms with E-state index < -0.39 is 10.0 Å². The number of hydrogen-bond donors (Lipinski definition) is 1. The number of sulfonamides is 1. The molecule has 0 spiro atoms. The third-order valence-electron chi connectivity index (χ3n) is 3.90. The zero-order valence-electron chi connectivity index (χ0n) is 14.0. The molecular formula is C14H19N7O3S. The standard InChI is InChI=1S/C14H19N7O3S/c1-19-17-13(16-18-19)11-3-5-12(6-4-11)15-14(22)20-7-9-21(10-8-20)25(2,23)24/h3-6H,7-10H2,1-2H3,(H,15,22). The van der Waals surface area contributed by atoms with Crippen molar-refractivity contribution in [2.75, 3.05) is 37.8 Å². The molecule has 1 aliphatic heterocycles. The zero-order valence-corrected chi connectivity index (χ0v) is 14.8.